The summed E-state index contributed by atoms with van der Waals surface area (Å²) in [6, 6.07) is 3.31. The predicted octanol–water partition coefficient (Wildman–Crippen LogP) is 3.77. The van der Waals surface area contributed by atoms with Crippen molar-refractivity contribution in [3.05, 3.63) is 33.8 Å². The van der Waals surface area contributed by atoms with Crippen molar-refractivity contribution in [3.8, 4) is 0 Å². The third kappa shape index (κ3) is 3.77. The summed E-state index contributed by atoms with van der Waals surface area (Å²) in [5.74, 6) is -0.512. The van der Waals surface area contributed by atoms with E-state index in [1.807, 2.05) is 0 Å². The number of carbonyl (C=O) groups is 1. The van der Waals surface area contributed by atoms with Gasteiger partial charge in [0.15, 0.2) is 0 Å². The molecule has 0 bridgehead atoms. The summed E-state index contributed by atoms with van der Waals surface area (Å²) in [5.41, 5.74) is -0.864. The van der Waals surface area contributed by atoms with Crippen LogP contribution in [-0.2, 0) is 10.9 Å². The van der Waals surface area contributed by atoms with E-state index in [1.165, 1.54) is 12.1 Å². The van der Waals surface area contributed by atoms with Crippen LogP contribution in [0.3, 0.4) is 0 Å². The summed E-state index contributed by atoms with van der Waals surface area (Å²) in [4.78, 5) is 12.1. The molecule has 2 unspecified atom stereocenters. The molecule has 2 atom stereocenters. The van der Waals surface area contributed by atoms with Gasteiger partial charge in [0.2, 0.25) is 0 Å². The Morgan fingerprint density at radius 1 is 1.38 bits per heavy atom. The van der Waals surface area contributed by atoms with Gasteiger partial charge in [-0.1, -0.05) is 15.9 Å². The molecule has 1 saturated carbocycles. The van der Waals surface area contributed by atoms with E-state index in [9.17, 15) is 18.0 Å². The highest BCUT2D eigenvalue weighted by molar-refractivity contribution is 9.10. The number of ether oxygens (including phenoxy) is 1. The topological polar surface area (TPSA) is 38.3 Å². The van der Waals surface area contributed by atoms with E-state index >= 15 is 0 Å². The molecule has 0 saturated heterocycles. The largest absolute Gasteiger partial charge is 0.417 e. The van der Waals surface area contributed by atoms with Gasteiger partial charge in [-0.3, -0.25) is 4.79 Å². The van der Waals surface area contributed by atoms with Crippen LogP contribution in [0, 0.1) is 0 Å². The lowest BCUT2D eigenvalue weighted by molar-refractivity contribution is -0.138. The van der Waals surface area contributed by atoms with Gasteiger partial charge in [0.05, 0.1) is 17.7 Å². The molecule has 1 N–H and O–H groups in total. The van der Waals surface area contributed by atoms with E-state index in [-0.39, 0.29) is 22.2 Å². The highest BCUT2D eigenvalue weighted by Crippen LogP contribution is 2.35. The zero-order valence-electron chi connectivity index (χ0n) is 11.3. The minimum absolute atomic E-state index is 0.00715. The average Bonchev–Trinajstić information content (AvgIpc) is 2.85. The Kier molecular flexibility index (Phi) is 4.93. The van der Waals surface area contributed by atoms with E-state index in [2.05, 4.69) is 21.2 Å². The zero-order valence-corrected chi connectivity index (χ0v) is 12.9. The second-order valence-corrected chi connectivity index (χ2v) is 5.83. The lowest BCUT2D eigenvalue weighted by atomic mass is 10.1. The number of halogens is 4. The van der Waals surface area contributed by atoms with E-state index in [1.54, 1.807) is 7.11 Å². The zero-order chi connectivity index (χ0) is 15.6. The minimum atomic E-state index is -4.50. The van der Waals surface area contributed by atoms with Gasteiger partial charge in [0, 0.05) is 17.1 Å². The molecule has 1 aliphatic rings. The van der Waals surface area contributed by atoms with Gasteiger partial charge in [-0.05, 0) is 37.5 Å². The summed E-state index contributed by atoms with van der Waals surface area (Å²) >= 11 is 2.85. The van der Waals surface area contributed by atoms with Crippen molar-refractivity contribution in [1.82, 2.24) is 5.32 Å². The smallest absolute Gasteiger partial charge is 0.379 e. The first kappa shape index (κ1) is 16.3. The van der Waals surface area contributed by atoms with Gasteiger partial charge in [0.1, 0.15) is 0 Å². The molecular formula is C14H15BrF3NO2. The van der Waals surface area contributed by atoms with E-state index in [4.69, 9.17) is 4.74 Å². The fourth-order valence-corrected chi connectivity index (χ4v) is 2.98. The van der Waals surface area contributed by atoms with Crippen molar-refractivity contribution in [2.75, 3.05) is 7.11 Å². The first-order chi connectivity index (χ1) is 9.82. The molecule has 7 heteroatoms. The maximum Gasteiger partial charge on any atom is 0.417 e. The van der Waals surface area contributed by atoms with Crippen LogP contribution in [-0.4, -0.2) is 25.2 Å². The third-order valence-electron chi connectivity index (χ3n) is 3.61. The molecule has 1 aliphatic carbocycles. The average molecular weight is 366 g/mol. The molecule has 0 radical (unpaired) electrons. The van der Waals surface area contributed by atoms with Crippen LogP contribution in [0.2, 0.25) is 0 Å². The van der Waals surface area contributed by atoms with Crippen LogP contribution in [0.15, 0.2) is 22.7 Å². The molecular weight excluding hydrogens is 351 g/mol. The lowest BCUT2D eigenvalue weighted by Gasteiger charge is -2.20. The molecule has 0 aliphatic heterocycles. The third-order valence-corrected chi connectivity index (χ3v) is 4.30. The van der Waals surface area contributed by atoms with Gasteiger partial charge in [-0.15, -0.1) is 0 Å². The van der Waals surface area contributed by atoms with Gasteiger partial charge in [-0.2, -0.15) is 13.2 Å². The molecule has 1 fully saturated rings. The van der Waals surface area contributed by atoms with Crippen molar-refractivity contribution in [2.24, 2.45) is 0 Å². The Morgan fingerprint density at radius 3 is 2.71 bits per heavy atom. The predicted molar refractivity (Wildman–Crippen MR) is 75.0 cm³/mol. The highest BCUT2D eigenvalue weighted by Gasteiger charge is 2.34. The maximum absolute atomic E-state index is 12.8. The monoisotopic (exact) mass is 365 g/mol. The molecule has 1 aromatic carbocycles. The Balaban J connectivity index is 2.16. The molecule has 2 rings (SSSR count). The fraction of sp³-hybridized carbons (Fsp3) is 0.500. The van der Waals surface area contributed by atoms with Gasteiger partial charge < -0.3 is 10.1 Å². The molecule has 0 aromatic heterocycles. The number of amides is 1. The summed E-state index contributed by atoms with van der Waals surface area (Å²) in [6.45, 7) is 0. The Labute approximate surface area is 129 Å². The number of hydrogen-bond acceptors (Lipinski definition) is 2. The van der Waals surface area contributed by atoms with E-state index in [0.29, 0.717) is 0 Å². The van der Waals surface area contributed by atoms with Crippen LogP contribution >= 0.6 is 15.9 Å². The lowest BCUT2D eigenvalue weighted by Crippen LogP contribution is -2.40. The van der Waals surface area contributed by atoms with Crippen molar-refractivity contribution < 1.29 is 22.7 Å². The molecule has 1 aromatic rings. The summed E-state index contributed by atoms with van der Waals surface area (Å²) in [5, 5.41) is 2.75. The SMILES string of the molecule is COC1CCCC1NC(=O)c1ccc(Br)c(C(F)(F)F)c1. The minimum Gasteiger partial charge on any atom is -0.379 e. The van der Waals surface area contributed by atoms with Gasteiger partial charge in [0.25, 0.3) is 5.91 Å². The summed E-state index contributed by atoms with van der Waals surface area (Å²) in [7, 11) is 1.57. The Bertz CT molecular complexity index is 533. The number of methoxy groups -OCH3 is 1. The van der Waals surface area contributed by atoms with Crippen LogP contribution in [0.5, 0.6) is 0 Å². The standard InChI is InChI=1S/C14H15BrF3NO2/c1-21-12-4-2-3-11(12)19-13(20)8-5-6-10(15)9(7-8)14(16,17)18/h5-7,11-12H,2-4H2,1H3,(H,19,20). The number of alkyl halides is 3. The van der Waals surface area contributed by atoms with Gasteiger partial charge >= 0.3 is 6.18 Å². The number of nitrogens with one attached hydrogen (secondary N) is 1. The second kappa shape index (κ2) is 6.36. The normalized spacial score (nSPS) is 22.3. The number of rotatable bonds is 3. The summed E-state index contributed by atoms with van der Waals surface area (Å²) in [6.07, 6.45) is -2.04. The van der Waals surface area contributed by atoms with Gasteiger partial charge in [-0.25, -0.2) is 0 Å². The fourth-order valence-electron chi connectivity index (χ4n) is 2.51. The molecule has 0 heterocycles. The van der Waals surface area contributed by atoms with Crippen molar-refractivity contribution in [3.63, 3.8) is 0 Å². The van der Waals surface area contributed by atoms with E-state index < -0.39 is 17.6 Å². The Hall–Kier alpha value is -1.08. The molecule has 0 spiro atoms. The van der Waals surface area contributed by atoms with Crippen molar-refractivity contribution in [1.29, 1.82) is 0 Å². The maximum atomic E-state index is 12.8. The molecule has 21 heavy (non-hydrogen) atoms. The van der Waals surface area contributed by atoms with Crippen molar-refractivity contribution in [2.45, 2.75) is 37.6 Å². The molecule has 3 nitrogen and oxygen atoms in total. The van der Waals surface area contributed by atoms with Crippen LogP contribution < -0.4 is 5.32 Å². The van der Waals surface area contributed by atoms with Crippen LogP contribution in [0.25, 0.3) is 0 Å². The summed E-state index contributed by atoms with van der Waals surface area (Å²) < 4.78 is 43.7. The van der Waals surface area contributed by atoms with Crippen LogP contribution in [0.1, 0.15) is 35.2 Å². The first-order valence-corrected chi connectivity index (χ1v) is 7.32. The number of benzene rings is 1. The number of carbonyl (C=O) groups excluding carboxylic acids is 1. The second-order valence-electron chi connectivity index (χ2n) is 4.98. The Morgan fingerprint density at radius 2 is 2.10 bits per heavy atom. The van der Waals surface area contributed by atoms with E-state index in [0.717, 1.165) is 25.3 Å². The van der Waals surface area contributed by atoms with Crippen molar-refractivity contribution >= 4 is 21.8 Å². The first-order valence-electron chi connectivity index (χ1n) is 6.53. The molecule has 116 valence electrons. The number of hydrogen-bond donors (Lipinski definition) is 1. The highest BCUT2D eigenvalue weighted by atomic mass is 79.9. The van der Waals surface area contributed by atoms with Crippen LogP contribution in [0.4, 0.5) is 13.2 Å². The molecule has 1 amide bonds. The quantitative estimate of drug-likeness (QED) is 0.885.